The van der Waals surface area contributed by atoms with E-state index in [0.29, 0.717) is 19.4 Å². The first kappa shape index (κ1) is 11.8. The molecule has 0 aliphatic carbocycles. The molecule has 3 heteroatoms. The molecule has 1 amide bonds. The SMILES string of the molecule is O=[C][C@@H](Cc1ccccc1)N1CCCCC1=O. The first-order chi connectivity index (χ1) is 8.31. The van der Waals surface area contributed by atoms with Gasteiger partial charge >= 0.3 is 0 Å². The Morgan fingerprint density at radius 3 is 2.65 bits per heavy atom. The molecular weight excluding hydrogens is 214 g/mol. The van der Waals surface area contributed by atoms with E-state index in [0.717, 1.165) is 18.4 Å². The number of benzene rings is 1. The highest BCUT2D eigenvalue weighted by Gasteiger charge is 2.26. The summed E-state index contributed by atoms with van der Waals surface area (Å²) in [5.74, 6) is 0.0838. The molecule has 1 radical (unpaired) electrons. The van der Waals surface area contributed by atoms with Gasteiger partial charge in [-0.2, -0.15) is 0 Å². The van der Waals surface area contributed by atoms with Crippen LogP contribution < -0.4 is 0 Å². The Kier molecular flexibility index (Phi) is 3.91. The highest BCUT2D eigenvalue weighted by molar-refractivity contribution is 5.80. The van der Waals surface area contributed by atoms with Crippen LogP contribution >= 0.6 is 0 Å². The van der Waals surface area contributed by atoms with E-state index in [4.69, 9.17) is 0 Å². The zero-order valence-corrected chi connectivity index (χ0v) is 9.76. The number of piperidine rings is 1. The molecule has 0 unspecified atom stereocenters. The summed E-state index contributed by atoms with van der Waals surface area (Å²) in [5.41, 5.74) is 1.07. The first-order valence-corrected chi connectivity index (χ1v) is 6.02. The molecule has 1 atom stereocenters. The lowest BCUT2D eigenvalue weighted by Gasteiger charge is -2.31. The Morgan fingerprint density at radius 2 is 2.00 bits per heavy atom. The van der Waals surface area contributed by atoms with Crippen LogP contribution in [0.4, 0.5) is 0 Å². The van der Waals surface area contributed by atoms with E-state index in [-0.39, 0.29) is 5.91 Å². The molecular formula is C14H16NO2. The maximum absolute atomic E-state index is 11.7. The van der Waals surface area contributed by atoms with E-state index >= 15 is 0 Å². The summed E-state index contributed by atoms with van der Waals surface area (Å²) < 4.78 is 0. The van der Waals surface area contributed by atoms with Gasteiger partial charge in [-0.1, -0.05) is 30.3 Å². The summed E-state index contributed by atoms with van der Waals surface area (Å²) >= 11 is 0. The number of hydrogen-bond donors (Lipinski definition) is 0. The first-order valence-electron chi connectivity index (χ1n) is 6.02. The topological polar surface area (TPSA) is 37.4 Å². The Balaban J connectivity index is 2.05. The van der Waals surface area contributed by atoms with Crippen LogP contribution in [-0.4, -0.2) is 29.7 Å². The second-order valence-electron chi connectivity index (χ2n) is 4.37. The lowest BCUT2D eigenvalue weighted by molar-refractivity contribution is -0.134. The molecule has 1 aromatic rings. The lowest BCUT2D eigenvalue weighted by Crippen LogP contribution is -2.45. The fraction of sp³-hybridized carbons (Fsp3) is 0.429. The molecule has 2 rings (SSSR count). The van der Waals surface area contributed by atoms with E-state index in [1.54, 1.807) is 4.90 Å². The van der Waals surface area contributed by atoms with Gasteiger partial charge in [-0.25, -0.2) is 0 Å². The van der Waals surface area contributed by atoms with E-state index in [9.17, 15) is 9.59 Å². The molecule has 0 saturated carbocycles. The van der Waals surface area contributed by atoms with Gasteiger partial charge in [0.1, 0.15) is 6.04 Å². The number of rotatable bonds is 4. The van der Waals surface area contributed by atoms with E-state index < -0.39 is 6.04 Å². The van der Waals surface area contributed by atoms with Crippen molar-refractivity contribution in [2.45, 2.75) is 31.7 Å². The third kappa shape index (κ3) is 2.93. The van der Waals surface area contributed by atoms with Crippen molar-refractivity contribution < 1.29 is 9.59 Å². The summed E-state index contributed by atoms with van der Waals surface area (Å²) in [6.07, 6.45) is 5.06. The molecule has 1 saturated heterocycles. The van der Waals surface area contributed by atoms with Crippen LogP contribution in [0, 0.1) is 0 Å². The van der Waals surface area contributed by atoms with Gasteiger partial charge in [-0.05, 0) is 18.4 Å². The molecule has 1 aliphatic rings. The van der Waals surface area contributed by atoms with Crippen LogP contribution in [0.1, 0.15) is 24.8 Å². The van der Waals surface area contributed by atoms with Gasteiger partial charge in [0.05, 0.1) is 0 Å². The van der Waals surface area contributed by atoms with Crippen molar-refractivity contribution in [3.63, 3.8) is 0 Å². The fourth-order valence-corrected chi connectivity index (χ4v) is 2.21. The molecule has 3 nitrogen and oxygen atoms in total. The number of nitrogens with zero attached hydrogens (tertiary/aromatic N) is 1. The summed E-state index contributed by atoms with van der Waals surface area (Å²) in [4.78, 5) is 24.4. The second kappa shape index (κ2) is 5.62. The van der Waals surface area contributed by atoms with Crippen molar-refractivity contribution in [1.29, 1.82) is 0 Å². The number of likely N-dealkylation sites (tertiary alicyclic amines) is 1. The normalized spacial score (nSPS) is 17.9. The molecule has 0 spiro atoms. The standard InChI is InChI=1S/C14H16NO2/c16-11-13(10-12-6-2-1-3-7-12)15-9-5-4-8-14(15)17/h1-3,6-7,13H,4-5,8-10H2/t13-/m1/s1. The number of hydrogen-bond acceptors (Lipinski definition) is 2. The van der Waals surface area contributed by atoms with Crippen molar-refractivity contribution >= 4 is 12.2 Å². The Morgan fingerprint density at radius 1 is 1.24 bits per heavy atom. The third-order valence-electron chi connectivity index (χ3n) is 3.14. The minimum atomic E-state index is -0.426. The van der Waals surface area contributed by atoms with Gasteiger partial charge in [0.2, 0.25) is 12.2 Å². The Bertz CT molecular complexity index is 388. The summed E-state index contributed by atoms with van der Waals surface area (Å²) in [5, 5.41) is 0. The van der Waals surface area contributed by atoms with Crippen molar-refractivity contribution in [3.05, 3.63) is 35.9 Å². The molecule has 1 heterocycles. The molecule has 1 aromatic carbocycles. The van der Waals surface area contributed by atoms with Crippen LogP contribution in [0.5, 0.6) is 0 Å². The van der Waals surface area contributed by atoms with E-state index in [2.05, 4.69) is 0 Å². The van der Waals surface area contributed by atoms with Crippen molar-refractivity contribution in [2.75, 3.05) is 6.54 Å². The molecule has 0 aromatic heterocycles. The predicted molar refractivity (Wildman–Crippen MR) is 65.2 cm³/mol. The van der Waals surface area contributed by atoms with Crippen LogP contribution in [-0.2, 0) is 16.0 Å². The molecule has 1 aliphatic heterocycles. The molecule has 0 bridgehead atoms. The predicted octanol–water partition coefficient (Wildman–Crippen LogP) is 1.72. The maximum Gasteiger partial charge on any atom is 0.223 e. The third-order valence-corrected chi connectivity index (χ3v) is 3.14. The minimum absolute atomic E-state index is 0.0838. The molecule has 89 valence electrons. The number of amides is 1. The second-order valence-corrected chi connectivity index (χ2v) is 4.37. The number of carbonyl (C=O) groups excluding carboxylic acids is 2. The minimum Gasteiger partial charge on any atom is -0.332 e. The summed E-state index contributed by atoms with van der Waals surface area (Å²) in [7, 11) is 0. The van der Waals surface area contributed by atoms with E-state index in [1.165, 1.54) is 0 Å². The van der Waals surface area contributed by atoms with Crippen LogP contribution in [0.25, 0.3) is 0 Å². The van der Waals surface area contributed by atoms with E-state index in [1.807, 2.05) is 36.6 Å². The van der Waals surface area contributed by atoms with Crippen molar-refractivity contribution in [1.82, 2.24) is 4.90 Å². The van der Waals surface area contributed by atoms with Crippen LogP contribution in [0.3, 0.4) is 0 Å². The molecule has 17 heavy (non-hydrogen) atoms. The van der Waals surface area contributed by atoms with Crippen LogP contribution in [0.15, 0.2) is 30.3 Å². The van der Waals surface area contributed by atoms with Gasteiger partial charge in [-0.15, -0.1) is 0 Å². The monoisotopic (exact) mass is 230 g/mol. The van der Waals surface area contributed by atoms with Gasteiger partial charge in [-0.3, -0.25) is 9.59 Å². The maximum atomic E-state index is 11.7. The average Bonchev–Trinajstić information content (AvgIpc) is 2.38. The van der Waals surface area contributed by atoms with Crippen LogP contribution in [0.2, 0.25) is 0 Å². The molecule has 1 fully saturated rings. The summed E-state index contributed by atoms with van der Waals surface area (Å²) in [6, 6.07) is 9.34. The van der Waals surface area contributed by atoms with Gasteiger partial charge < -0.3 is 4.90 Å². The Labute approximate surface area is 101 Å². The fourth-order valence-electron chi connectivity index (χ4n) is 2.21. The zero-order valence-electron chi connectivity index (χ0n) is 9.76. The highest BCUT2D eigenvalue weighted by atomic mass is 16.2. The lowest BCUT2D eigenvalue weighted by atomic mass is 10.0. The summed E-state index contributed by atoms with van der Waals surface area (Å²) in [6.45, 7) is 0.686. The van der Waals surface area contributed by atoms with Crippen molar-refractivity contribution in [2.24, 2.45) is 0 Å². The Hall–Kier alpha value is -1.64. The van der Waals surface area contributed by atoms with Crippen molar-refractivity contribution in [3.8, 4) is 0 Å². The highest BCUT2D eigenvalue weighted by Crippen LogP contribution is 2.15. The molecule has 0 N–H and O–H groups in total. The average molecular weight is 230 g/mol. The van der Waals surface area contributed by atoms with Gasteiger partial charge in [0, 0.05) is 19.4 Å². The number of carbonyl (C=O) groups is 1. The smallest absolute Gasteiger partial charge is 0.223 e. The van der Waals surface area contributed by atoms with Gasteiger partial charge in [0.25, 0.3) is 0 Å². The zero-order chi connectivity index (χ0) is 12.1. The largest absolute Gasteiger partial charge is 0.332 e. The van der Waals surface area contributed by atoms with Gasteiger partial charge in [0.15, 0.2) is 0 Å². The quantitative estimate of drug-likeness (QED) is 0.789.